The minimum atomic E-state index is -0.0391. The summed E-state index contributed by atoms with van der Waals surface area (Å²) >= 11 is 12.4. The second-order valence-corrected chi connectivity index (χ2v) is 5.48. The summed E-state index contributed by atoms with van der Waals surface area (Å²) in [6.45, 7) is 5.57. The Morgan fingerprint density at radius 3 is 2.16 bits per heavy atom. The van der Waals surface area contributed by atoms with Crippen LogP contribution in [0.5, 0.6) is 0 Å². The van der Waals surface area contributed by atoms with Crippen LogP contribution < -0.4 is 0 Å². The fraction of sp³-hybridized carbons (Fsp3) is 0.188. The zero-order valence-corrected chi connectivity index (χ0v) is 12.6. The molecule has 0 saturated carbocycles. The predicted molar refractivity (Wildman–Crippen MR) is 81.4 cm³/mol. The van der Waals surface area contributed by atoms with Crippen molar-refractivity contribution in [3.63, 3.8) is 0 Å². The first-order chi connectivity index (χ1) is 8.90. The molecule has 1 nitrogen and oxygen atoms in total. The fourth-order valence-electron chi connectivity index (χ4n) is 1.97. The van der Waals surface area contributed by atoms with Gasteiger partial charge in [-0.3, -0.25) is 4.79 Å². The first-order valence-electron chi connectivity index (χ1n) is 5.97. The van der Waals surface area contributed by atoms with Crippen molar-refractivity contribution in [2.24, 2.45) is 0 Å². The lowest BCUT2D eigenvalue weighted by Gasteiger charge is -2.10. The summed E-state index contributed by atoms with van der Waals surface area (Å²) in [6, 6.07) is 9.38. The fourth-order valence-corrected chi connectivity index (χ4v) is 2.61. The Morgan fingerprint density at radius 2 is 1.58 bits per heavy atom. The summed E-state index contributed by atoms with van der Waals surface area (Å²) in [7, 11) is 0. The molecule has 3 heteroatoms. The van der Waals surface area contributed by atoms with Crippen LogP contribution in [-0.2, 0) is 0 Å². The molecule has 0 amide bonds. The predicted octanol–water partition coefficient (Wildman–Crippen LogP) is 5.48. The number of aryl methyl sites for hydroxylation is 2. The van der Waals surface area contributed by atoms with Gasteiger partial charge in [0.25, 0.3) is 0 Å². The standard InChI is InChI=1S/C16H14Cl2O/c1-9-6-14(15(17)7-10(9)2)12-4-5-13(11(3)19)16(18)8-12/h4-8H,1-3H3. The monoisotopic (exact) mass is 292 g/mol. The van der Waals surface area contributed by atoms with E-state index in [-0.39, 0.29) is 5.78 Å². The molecule has 0 aromatic heterocycles. The molecule has 2 rings (SSSR count). The quantitative estimate of drug-likeness (QED) is 0.670. The molecule has 2 aromatic rings. The maximum absolute atomic E-state index is 11.4. The van der Waals surface area contributed by atoms with Crippen molar-refractivity contribution in [1.82, 2.24) is 0 Å². The SMILES string of the molecule is CC(=O)c1ccc(-c2cc(C)c(C)cc2Cl)cc1Cl. The lowest BCUT2D eigenvalue weighted by Crippen LogP contribution is -1.94. The normalized spacial score (nSPS) is 10.6. The van der Waals surface area contributed by atoms with Crippen molar-refractivity contribution in [2.75, 3.05) is 0 Å². The second-order valence-electron chi connectivity index (χ2n) is 4.67. The summed E-state index contributed by atoms with van der Waals surface area (Å²) < 4.78 is 0. The summed E-state index contributed by atoms with van der Waals surface area (Å²) in [4.78, 5) is 11.4. The van der Waals surface area contributed by atoms with Crippen LogP contribution in [0.15, 0.2) is 30.3 Å². The molecule has 0 bridgehead atoms. The van der Waals surface area contributed by atoms with Gasteiger partial charge in [0.2, 0.25) is 0 Å². The number of Topliss-reactive ketones (excluding diaryl/α,β-unsaturated/α-hetero) is 1. The van der Waals surface area contributed by atoms with Gasteiger partial charge in [-0.05, 0) is 61.7 Å². The van der Waals surface area contributed by atoms with Gasteiger partial charge >= 0.3 is 0 Å². The molecule has 0 aliphatic rings. The molecule has 0 unspecified atom stereocenters. The second kappa shape index (κ2) is 5.36. The Labute approximate surface area is 123 Å². The summed E-state index contributed by atoms with van der Waals surface area (Å²) in [5.74, 6) is -0.0391. The third-order valence-electron chi connectivity index (χ3n) is 3.24. The molecule has 0 N–H and O–H groups in total. The summed E-state index contributed by atoms with van der Waals surface area (Å²) in [5.41, 5.74) is 4.71. The maximum atomic E-state index is 11.4. The number of rotatable bonds is 2. The zero-order chi connectivity index (χ0) is 14.2. The number of benzene rings is 2. The molecular formula is C16H14Cl2O. The van der Waals surface area contributed by atoms with Crippen LogP contribution in [0.4, 0.5) is 0 Å². The van der Waals surface area contributed by atoms with Gasteiger partial charge in [0, 0.05) is 16.1 Å². The lowest BCUT2D eigenvalue weighted by molar-refractivity contribution is 0.101. The highest BCUT2D eigenvalue weighted by Gasteiger charge is 2.10. The third-order valence-corrected chi connectivity index (χ3v) is 3.87. The van der Waals surface area contributed by atoms with Crippen molar-refractivity contribution in [3.8, 4) is 11.1 Å². The van der Waals surface area contributed by atoms with Crippen molar-refractivity contribution in [1.29, 1.82) is 0 Å². The van der Waals surface area contributed by atoms with Crippen LogP contribution in [0.1, 0.15) is 28.4 Å². The van der Waals surface area contributed by atoms with Crippen molar-refractivity contribution in [2.45, 2.75) is 20.8 Å². The number of hydrogen-bond acceptors (Lipinski definition) is 1. The first kappa shape index (κ1) is 14.1. The van der Waals surface area contributed by atoms with Crippen molar-refractivity contribution in [3.05, 3.63) is 57.1 Å². The van der Waals surface area contributed by atoms with E-state index in [2.05, 4.69) is 0 Å². The molecule has 98 valence electrons. The summed E-state index contributed by atoms with van der Waals surface area (Å²) in [6.07, 6.45) is 0. The van der Waals surface area contributed by atoms with Gasteiger partial charge in [0.05, 0.1) is 5.02 Å². The van der Waals surface area contributed by atoms with Crippen molar-refractivity contribution >= 4 is 29.0 Å². The highest BCUT2D eigenvalue weighted by molar-refractivity contribution is 6.35. The average molecular weight is 293 g/mol. The Balaban J connectivity index is 2.57. The number of halogens is 2. The van der Waals surface area contributed by atoms with Crippen LogP contribution in [0.25, 0.3) is 11.1 Å². The van der Waals surface area contributed by atoms with Crippen LogP contribution in [0.3, 0.4) is 0 Å². The molecule has 0 atom stereocenters. The van der Waals surface area contributed by atoms with Gasteiger partial charge in [-0.1, -0.05) is 29.3 Å². The first-order valence-corrected chi connectivity index (χ1v) is 6.73. The van der Waals surface area contributed by atoms with Gasteiger partial charge in [0.15, 0.2) is 5.78 Å². The maximum Gasteiger partial charge on any atom is 0.161 e. The molecule has 0 radical (unpaired) electrons. The van der Waals surface area contributed by atoms with E-state index in [0.717, 1.165) is 16.7 Å². The van der Waals surface area contributed by atoms with Crippen LogP contribution in [0, 0.1) is 13.8 Å². The molecule has 2 aromatic carbocycles. The van der Waals surface area contributed by atoms with Gasteiger partial charge < -0.3 is 0 Å². The number of ketones is 1. The largest absolute Gasteiger partial charge is 0.294 e. The molecular weight excluding hydrogens is 279 g/mol. The van der Waals surface area contributed by atoms with Crippen molar-refractivity contribution < 1.29 is 4.79 Å². The van der Waals surface area contributed by atoms with E-state index in [1.54, 1.807) is 12.1 Å². The Hall–Kier alpha value is -1.31. The highest BCUT2D eigenvalue weighted by Crippen LogP contribution is 2.33. The van der Waals surface area contributed by atoms with E-state index < -0.39 is 0 Å². The lowest BCUT2D eigenvalue weighted by atomic mass is 9.99. The Kier molecular flexibility index (Phi) is 3.98. The van der Waals surface area contributed by atoms with E-state index in [0.29, 0.717) is 15.6 Å². The Morgan fingerprint density at radius 1 is 0.947 bits per heavy atom. The molecule has 0 saturated heterocycles. The third kappa shape index (κ3) is 2.83. The zero-order valence-electron chi connectivity index (χ0n) is 11.1. The van der Waals surface area contributed by atoms with Gasteiger partial charge in [0.1, 0.15) is 0 Å². The van der Waals surface area contributed by atoms with Crippen LogP contribution in [-0.4, -0.2) is 5.78 Å². The molecule has 0 spiro atoms. The van der Waals surface area contributed by atoms with E-state index in [1.807, 2.05) is 32.0 Å². The number of carbonyl (C=O) groups is 1. The highest BCUT2D eigenvalue weighted by atomic mass is 35.5. The molecule has 0 heterocycles. The number of carbonyl (C=O) groups excluding carboxylic acids is 1. The molecule has 0 aliphatic heterocycles. The van der Waals surface area contributed by atoms with Gasteiger partial charge in [-0.2, -0.15) is 0 Å². The summed E-state index contributed by atoms with van der Waals surface area (Å²) in [5, 5.41) is 1.15. The Bertz CT molecular complexity index is 660. The smallest absolute Gasteiger partial charge is 0.161 e. The molecule has 19 heavy (non-hydrogen) atoms. The minimum Gasteiger partial charge on any atom is -0.294 e. The minimum absolute atomic E-state index is 0.0391. The number of hydrogen-bond donors (Lipinski definition) is 0. The van der Waals surface area contributed by atoms with E-state index in [1.165, 1.54) is 12.5 Å². The average Bonchev–Trinajstić information content (AvgIpc) is 2.33. The topological polar surface area (TPSA) is 17.1 Å². The van der Waals surface area contributed by atoms with Gasteiger partial charge in [-0.15, -0.1) is 0 Å². The van der Waals surface area contributed by atoms with Gasteiger partial charge in [-0.25, -0.2) is 0 Å². The van der Waals surface area contributed by atoms with E-state index in [9.17, 15) is 4.79 Å². The molecule has 0 fully saturated rings. The molecule has 0 aliphatic carbocycles. The van der Waals surface area contributed by atoms with E-state index >= 15 is 0 Å². The van der Waals surface area contributed by atoms with E-state index in [4.69, 9.17) is 23.2 Å². The van der Waals surface area contributed by atoms with Crippen LogP contribution >= 0.6 is 23.2 Å². The van der Waals surface area contributed by atoms with Crippen LogP contribution in [0.2, 0.25) is 10.0 Å².